The maximum absolute atomic E-state index is 12.8. The second kappa shape index (κ2) is 10.7. The van der Waals surface area contributed by atoms with Crippen molar-refractivity contribution in [3.63, 3.8) is 0 Å². The molecule has 172 valence electrons. The summed E-state index contributed by atoms with van der Waals surface area (Å²) in [5.74, 6) is 1.72. The minimum Gasteiger partial charge on any atom is -0.497 e. The number of amides is 3. The van der Waals surface area contributed by atoms with Crippen molar-refractivity contribution in [3.05, 3.63) is 83.8 Å². The van der Waals surface area contributed by atoms with Crippen LogP contribution >= 0.6 is 0 Å². The minimum atomic E-state index is -0.565. The Morgan fingerprint density at radius 3 is 2.73 bits per heavy atom. The predicted octanol–water partition coefficient (Wildman–Crippen LogP) is 3.64. The van der Waals surface area contributed by atoms with E-state index in [1.807, 2.05) is 48.5 Å². The zero-order valence-electron chi connectivity index (χ0n) is 18.5. The maximum atomic E-state index is 12.8. The molecule has 8 heteroatoms. The molecule has 0 spiro atoms. The van der Waals surface area contributed by atoms with Gasteiger partial charge in [-0.15, -0.1) is 0 Å². The lowest BCUT2D eigenvalue weighted by Gasteiger charge is -2.35. The van der Waals surface area contributed by atoms with Crippen LogP contribution in [-0.2, 0) is 17.9 Å². The molecule has 2 heterocycles. The van der Waals surface area contributed by atoms with E-state index < -0.39 is 6.03 Å². The zero-order chi connectivity index (χ0) is 23.0. The highest BCUT2D eigenvalue weighted by Gasteiger charge is 2.29. The van der Waals surface area contributed by atoms with E-state index in [1.54, 1.807) is 19.2 Å². The van der Waals surface area contributed by atoms with Gasteiger partial charge in [-0.25, -0.2) is 4.79 Å². The first-order valence-electron chi connectivity index (χ1n) is 10.8. The fourth-order valence-electron chi connectivity index (χ4n) is 3.93. The van der Waals surface area contributed by atoms with Crippen LogP contribution in [0, 0.1) is 0 Å². The lowest BCUT2D eigenvalue weighted by molar-refractivity contribution is -0.122. The number of hydrogen-bond donors (Lipinski definition) is 2. The molecule has 1 aromatic heterocycles. The van der Waals surface area contributed by atoms with Crippen LogP contribution in [0.15, 0.2) is 71.3 Å². The predicted molar refractivity (Wildman–Crippen MR) is 122 cm³/mol. The second-order valence-corrected chi connectivity index (χ2v) is 7.76. The summed E-state index contributed by atoms with van der Waals surface area (Å²) in [4.78, 5) is 27.1. The highest BCUT2D eigenvalue weighted by atomic mass is 16.5. The summed E-state index contributed by atoms with van der Waals surface area (Å²) in [5.41, 5.74) is 2.04. The highest BCUT2D eigenvalue weighted by Crippen LogP contribution is 2.38. The quantitative estimate of drug-likeness (QED) is 0.546. The average Bonchev–Trinajstić information content (AvgIpc) is 3.36. The number of rotatable bonds is 8. The lowest BCUT2D eigenvalue weighted by atomic mass is 9.97. The van der Waals surface area contributed by atoms with Gasteiger partial charge in [-0.3, -0.25) is 15.0 Å². The first-order chi connectivity index (χ1) is 16.1. The van der Waals surface area contributed by atoms with Crippen LogP contribution in [0.2, 0.25) is 0 Å². The molecule has 2 N–H and O–H groups in total. The molecule has 4 rings (SSSR count). The van der Waals surface area contributed by atoms with Gasteiger partial charge in [-0.2, -0.15) is 0 Å². The van der Waals surface area contributed by atoms with Crippen LogP contribution in [0.5, 0.6) is 11.5 Å². The van der Waals surface area contributed by atoms with Gasteiger partial charge < -0.3 is 19.2 Å². The summed E-state index contributed by atoms with van der Waals surface area (Å²) >= 11 is 0. The molecular formula is C25H27N3O5. The Kier molecular flexibility index (Phi) is 7.26. The standard InChI is InChI=1S/C25H27N3O5/c1-31-19-9-10-23-21(14-19)22(11-13-33-23)28(16-18-6-3-2-4-7-18)17-24(29)27-25(30)26-15-20-8-5-12-32-20/h2-10,12,14,22H,11,13,15-17H2,1H3,(H2,26,27,29,30)/t22-/m0/s1. The van der Waals surface area contributed by atoms with Crippen LogP contribution in [0.4, 0.5) is 4.79 Å². The van der Waals surface area contributed by atoms with Crippen molar-refractivity contribution in [3.8, 4) is 11.5 Å². The van der Waals surface area contributed by atoms with Crippen molar-refractivity contribution >= 4 is 11.9 Å². The van der Waals surface area contributed by atoms with Crippen LogP contribution in [0.1, 0.15) is 29.3 Å². The number of methoxy groups -OCH3 is 1. The Morgan fingerprint density at radius 1 is 1.12 bits per heavy atom. The molecule has 0 radical (unpaired) electrons. The third kappa shape index (κ3) is 5.93. The highest BCUT2D eigenvalue weighted by molar-refractivity contribution is 5.95. The van der Waals surface area contributed by atoms with E-state index in [1.165, 1.54) is 6.26 Å². The van der Waals surface area contributed by atoms with Gasteiger partial charge in [0.2, 0.25) is 5.91 Å². The van der Waals surface area contributed by atoms with Gasteiger partial charge in [-0.1, -0.05) is 30.3 Å². The van der Waals surface area contributed by atoms with Crippen LogP contribution in [0.25, 0.3) is 0 Å². The Bertz CT molecular complexity index is 1070. The number of carbonyl (C=O) groups excluding carboxylic acids is 2. The van der Waals surface area contributed by atoms with Gasteiger partial charge in [0, 0.05) is 24.6 Å². The van der Waals surface area contributed by atoms with Gasteiger partial charge in [0.25, 0.3) is 0 Å². The van der Waals surface area contributed by atoms with E-state index in [2.05, 4.69) is 15.5 Å². The van der Waals surface area contributed by atoms with Gasteiger partial charge in [0.15, 0.2) is 0 Å². The van der Waals surface area contributed by atoms with E-state index in [4.69, 9.17) is 13.9 Å². The molecule has 3 aromatic rings. The summed E-state index contributed by atoms with van der Waals surface area (Å²) < 4.78 is 16.4. The monoisotopic (exact) mass is 449 g/mol. The second-order valence-electron chi connectivity index (χ2n) is 7.76. The molecule has 3 amide bonds. The Hall–Kier alpha value is -3.78. The third-order valence-corrected chi connectivity index (χ3v) is 5.50. The van der Waals surface area contributed by atoms with E-state index in [-0.39, 0.29) is 25.0 Å². The molecule has 0 saturated heterocycles. The van der Waals surface area contributed by atoms with E-state index in [9.17, 15) is 9.59 Å². The number of hydrogen-bond acceptors (Lipinski definition) is 6. The molecule has 0 fully saturated rings. The number of nitrogens with zero attached hydrogens (tertiary/aromatic N) is 1. The SMILES string of the molecule is COc1ccc2c(c1)[C@@H](N(CC(=O)NC(=O)NCc1ccco1)Cc1ccccc1)CCO2. The molecule has 33 heavy (non-hydrogen) atoms. The lowest BCUT2D eigenvalue weighted by Crippen LogP contribution is -2.45. The Morgan fingerprint density at radius 2 is 1.97 bits per heavy atom. The molecular weight excluding hydrogens is 422 g/mol. The minimum absolute atomic E-state index is 0.0460. The molecule has 0 unspecified atom stereocenters. The van der Waals surface area contributed by atoms with Crippen molar-refractivity contribution < 1.29 is 23.5 Å². The van der Waals surface area contributed by atoms with Crippen LogP contribution < -0.4 is 20.1 Å². The molecule has 1 aliphatic heterocycles. The molecule has 0 saturated carbocycles. The molecule has 1 atom stereocenters. The smallest absolute Gasteiger partial charge is 0.321 e. The van der Waals surface area contributed by atoms with Crippen molar-refractivity contribution in [2.24, 2.45) is 0 Å². The number of ether oxygens (including phenoxy) is 2. The van der Waals surface area contributed by atoms with Gasteiger partial charge in [-0.05, 0) is 35.9 Å². The van der Waals surface area contributed by atoms with E-state index in [0.29, 0.717) is 25.3 Å². The Labute approximate surface area is 192 Å². The first-order valence-corrected chi connectivity index (χ1v) is 10.8. The summed E-state index contributed by atoms with van der Waals surface area (Å²) in [6, 6.07) is 18.5. The number of fused-ring (bicyclic) bond motifs is 1. The van der Waals surface area contributed by atoms with Gasteiger partial charge in [0.1, 0.15) is 17.3 Å². The number of furan rings is 1. The van der Waals surface area contributed by atoms with Gasteiger partial charge in [0.05, 0.1) is 33.1 Å². The Balaban J connectivity index is 1.48. The maximum Gasteiger partial charge on any atom is 0.321 e. The number of nitrogens with one attached hydrogen (secondary N) is 2. The number of carbonyl (C=O) groups is 2. The van der Waals surface area contributed by atoms with E-state index in [0.717, 1.165) is 22.6 Å². The van der Waals surface area contributed by atoms with E-state index >= 15 is 0 Å². The zero-order valence-corrected chi connectivity index (χ0v) is 18.5. The summed E-state index contributed by atoms with van der Waals surface area (Å²) in [5, 5.41) is 5.05. The van der Waals surface area contributed by atoms with Crippen molar-refractivity contribution in [1.82, 2.24) is 15.5 Å². The van der Waals surface area contributed by atoms with Crippen molar-refractivity contribution in [1.29, 1.82) is 0 Å². The number of imide groups is 1. The first kappa shape index (κ1) is 22.4. The normalized spacial score (nSPS) is 14.8. The number of benzene rings is 2. The number of urea groups is 1. The summed E-state index contributed by atoms with van der Waals surface area (Å²) in [6.07, 6.45) is 2.24. The van der Waals surface area contributed by atoms with Crippen LogP contribution in [-0.4, -0.2) is 37.1 Å². The summed E-state index contributed by atoms with van der Waals surface area (Å²) in [7, 11) is 1.62. The van der Waals surface area contributed by atoms with Crippen molar-refractivity contribution in [2.75, 3.05) is 20.3 Å². The van der Waals surface area contributed by atoms with Crippen LogP contribution in [0.3, 0.4) is 0 Å². The fourth-order valence-corrected chi connectivity index (χ4v) is 3.93. The molecule has 1 aliphatic rings. The van der Waals surface area contributed by atoms with Gasteiger partial charge >= 0.3 is 6.03 Å². The van der Waals surface area contributed by atoms with Crippen molar-refractivity contribution in [2.45, 2.75) is 25.6 Å². The molecule has 0 bridgehead atoms. The average molecular weight is 450 g/mol. The topological polar surface area (TPSA) is 93.0 Å². The molecule has 8 nitrogen and oxygen atoms in total. The molecule has 0 aliphatic carbocycles. The fraction of sp³-hybridized carbons (Fsp3) is 0.280. The summed E-state index contributed by atoms with van der Waals surface area (Å²) in [6.45, 7) is 1.33. The third-order valence-electron chi connectivity index (χ3n) is 5.50. The largest absolute Gasteiger partial charge is 0.497 e. The molecule has 2 aromatic carbocycles.